The summed E-state index contributed by atoms with van der Waals surface area (Å²) < 4.78 is 1.92. The standard InChI is InChI=1S/C18H22N6OS/c1-12(2)16-21-9-10-24(16)13(3)17(25)22-8-5-14-11-26-18(23-14)15-19-6-4-7-20-15/h4,6-7,9-13H,5,8H2,1-3H3,(H,22,25). The van der Waals surface area contributed by atoms with E-state index in [2.05, 4.69) is 39.1 Å². The largest absolute Gasteiger partial charge is 0.354 e. The molecule has 3 rings (SSSR count). The van der Waals surface area contributed by atoms with Gasteiger partial charge in [-0.15, -0.1) is 11.3 Å². The monoisotopic (exact) mass is 370 g/mol. The Morgan fingerprint density at radius 3 is 2.69 bits per heavy atom. The summed E-state index contributed by atoms with van der Waals surface area (Å²) in [5.74, 6) is 1.79. The summed E-state index contributed by atoms with van der Waals surface area (Å²) in [6.45, 7) is 6.56. The van der Waals surface area contributed by atoms with E-state index in [0.29, 0.717) is 18.8 Å². The highest BCUT2D eigenvalue weighted by atomic mass is 32.1. The topological polar surface area (TPSA) is 85.6 Å². The molecule has 0 aliphatic carbocycles. The summed E-state index contributed by atoms with van der Waals surface area (Å²) >= 11 is 1.51. The number of hydrogen-bond acceptors (Lipinski definition) is 6. The van der Waals surface area contributed by atoms with Crippen molar-refractivity contribution in [1.29, 1.82) is 0 Å². The molecular weight excluding hydrogens is 348 g/mol. The van der Waals surface area contributed by atoms with E-state index in [1.165, 1.54) is 11.3 Å². The number of aromatic nitrogens is 5. The molecule has 1 amide bonds. The molecule has 1 N–H and O–H groups in total. The summed E-state index contributed by atoms with van der Waals surface area (Å²) in [5.41, 5.74) is 0.927. The molecule has 3 aromatic heterocycles. The van der Waals surface area contributed by atoms with Crippen molar-refractivity contribution in [2.75, 3.05) is 6.54 Å². The Kier molecular flexibility index (Phi) is 5.72. The average Bonchev–Trinajstić information content (AvgIpc) is 3.31. The van der Waals surface area contributed by atoms with Gasteiger partial charge in [-0.25, -0.2) is 19.9 Å². The van der Waals surface area contributed by atoms with E-state index in [0.717, 1.165) is 16.5 Å². The number of nitrogens with one attached hydrogen (secondary N) is 1. The van der Waals surface area contributed by atoms with Crippen LogP contribution in [0.5, 0.6) is 0 Å². The average molecular weight is 370 g/mol. The molecule has 0 fully saturated rings. The number of rotatable bonds is 7. The molecule has 3 aromatic rings. The number of imidazole rings is 1. The molecule has 3 heterocycles. The molecule has 0 spiro atoms. The van der Waals surface area contributed by atoms with Crippen molar-refractivity contribution in [3.8, 4) is 10.8 Å². The predicted molar refractivity (Wildman–Crippen MR) is 101 cm³/mol. The van der Waals surface area contributed by atoms with E-state index in [9.17, 15) is 4.79 Å². The van der Waals surface area contributed by atoms with Crippen LogP contribution in [0.2, 0.25) is 0 Å². The van der Waals surface area contributed by atoms with Gasteiger partial charge >= 0.3 is 0 Å². The first-order valence-corrected chi connectivity index (χ1v) is 9.46. The Bertz CT molecular complexity index is 857. The first kappa shape index (κ1) is 18.2. The molecule has 1 atom stereocenters. The Hall–Kier alpha value is -2.61. The van der Waals surface area contributed by atoms with Gasteiger partial charge in [-0.2, -0.15) is 0 Å². The highest BCUT2D eigenvalue weighted by molar-refractivity contribution is 7.13. The van der Waals surface area contributed by atoms with Gasteiger partial charge < -0.3 is 9.88 Å². The molecule has 136 valence electrons. The number of nitrogens with zero attached hydrogens (tertiary/aromatic N) is 5. The molecule has 0 bridgehead atoms. The minimum atomic E-state index is -0.293. The molecule has 0 aliphatic rings. The molecule has 0 aliphatic heterocycles. The van der Waals surface area contributed by atoms with Crippen molar-refractivity contribution in [1.82, 2.24) is 29.8 Å². The van der Waals surface area contributed by atoms with E-state index in [1.807, 2.05) is 23.1 Å². The summed E-state index contributed by atoms with van der Waals surface area (Å²) in [5, 5.41) is 5.75. The van der Waals surface area contributed by atoms with Crippen molar-refractivity contribution >= 4 is 17.2 Å². The second-order valence-corrected chi connectivity index (χ2v) is 7.14. The van der Waals surface area contributed by atoms with Crippen molar-refractivity contribution < 1.29 is 4.79 Å². The predicted octanol–water partition coefficient (Wildman–Crippen LogP) is 2.84. The summed E-state index contributed by atoms with van der Waals surface area (Å²) in [6, 6.07) is 1.48. The Balaban J connectivity index is 1.54. The van der Waals surface area contributed by atoms with Gasteiger partial charge in [0.2, 0.25) is 5.91 Å². The zero-order valence-corrected chi connectivity index (χ0v) is 15.9. The van der Waals surface area contributed by atoms with E-state index >= 15 is 0 Å². The number of amides is 1. The van der Waals surface area contributed by atoms with Gasteiger partial charge in [0.1, 0.15) is 11.9 Å². The highest BCUT2D eigenvalue weighted by Gasteiger charge is 2.19. The van der Waals surface area contributed by atoms with Gasteiger partial charge in [0.05, 0.1) is 5.69 Å². The summed E-state index contributed by atoms with van der Waals surface area (Å²) in [4.78, 5) is 29.7. The van der Waals surface area contributed by atoms with Crippen LogP contribution in [0, 0.1) is 0 Å². The van der Waals surface area contributed by atoms with E-state index < -0.39 is 0 Å². The fourth-order valence-electron chi connectivity index (χ4n) is 2.62. The third-order valence-electron chi connectivity index (χ3n) is 4.00. The van der Waals surface area contributed by atoms with Crippen molar-refractivity contribution in [2.24, 2.45) is 0 Å². The van der Waals surface area contributed by atoms with Crippen LogP contribution in [-0.2, 0) is 11.2 Å². The molecular formula is C18H22N6OS. The third kappa shape index (κ3) is 4.13. The van der Waals surface area contributed by atoms with E-state index in [-0.39, 0.29) is 17.9 Å². The van der Waals surface area contributed by atoms with Crippen LogP contribution < -0.4 is 5.32 Å². The maximum absolute atomic E-state index is 12.4. The lowest BCUT2D eigenvalue weighted by Gasteiger charge is -2.17. The Labute approximate surface area is 156 Å². The van der Waals surface area contributed by atoms with Crippen LogP contribution in [0.3, 0.4) is 0 Å². The summed E-state index contributed by atoms with van der Waals surface area (Å²) in [7, 11) is 0. The quantitative estimate of drug-likeness (QED) is 0.691. The fraction of sp³-hybridized carbons (Fsp3) is 0.389. The highest BCUT2D eigenvalue weighted by Crippen LogP contribution is 2.20. The van der Waals surface area contributed by atoms with Gasteiger partial charge in [-0.05, 0) is 13.0 Å². The maximum Gasteiger partial charge on any atom is 0.242 e. The van der Waals surface area contributed by atoms with Crippen molar-refractivity contribution in [3.05, 3.63) is 47.8 Å². The molecule has 0 radical (unpaired) electrons. The lowest BCUT2D eigenvalue weighted by Crippen LogP contribution is -2.33. The van der Waals surface area contributed by atoms with Gasteiger partial charge in [0.25, 0.3) is 0 Å². The summed E-state index contributed by atoms with van der Waals surface area (Å²) in [6.07, 6.45) is 7.66. The first-order chi connectivity index (χ1) is 12.6. The number of thiazole rings is 1. The normalized spacial score (nSPS) is 12.3. The first-order valence-electron chi connectivity index (χ1n) is 8.58. The SMILES string of the molecule is CC(C)c1nccn1C(C)C(=O)NCCc1csc(-c2ncccn2)n1. The lowest BCUT2D eigenvalue weighted by molar-refractivity contribution is -0.123. The van der Waals surface area contributed by atoms with Crippen LogP contribution in [0.1, 0.15) is 44.2 Å². The number of carbonyl (C=O) groups is 1. The maximum atomic E-state index is 12.4. The molecule has 0 saturated heterocycles. The molecule has 26 heavy (non-hydrogen) atoms. The van der Waals surface area contributed by atoms with Gasteiger partial charge in [-0.3, -0.25) is 4.79 Å². The van der Waals surface area contributed by atoms with Crippen molar-refractivity contribution in [2.45, 2.75) is 39.2 Å². The molecule has 0 saturated carbocycles. The minimum absolute atomic E-state index is 0.0215. The van der Waals surface area contributed by atoms with E-state index in [4.69, 9.17) is 0 Å². The lowest BCUT2D eigenvalue weighted by atomic mass is 10.2. The number of carbonyl (C=O) groups excluding carboxylic acids is 1. The van der Waals surface area contributed by atoms with Crippen LogP contribution in [0.25, 0.3) is 10.8 Å². The van der Waals surface area contributed by atoms with E-state index in [1.54, 1.807) is 24.7 Å². The second kappa shape index (κ2) is 8.18. The Morgan fingerprint density at radius 1 is 1.19 bits per heavy atom. The van der Waals surface area contributed by atoms with Crippen molar-refractivity contribution in [3.63, 3.8) is 0 Å². The van der Waals surface area contributed by atoms with Crippen LogP contribution in [-0.4, -0.2) is 37.0 Å². The van der Waals surface area contributed by atoms with Gasteiger partial charge in [-0.1, -0.05) is 13.8 Å². The third-order valence-corrected chi connectivity index (χ3v) is 4.89. The molecule has 7 nitrogen and oxygen atoms in total. The fourth-order valence-corrected chi connectivity index (χ4v) is 3.42. The molecule has 8 heteroatoms. The Morgan fingerprint density at radius 2 is 1.96 bits per heavy atom. The van der Waals surface area contributed by atoms with Crippen LogP contribution in [0.15, 0.2) is 36.2 Å². The minimum Gasteiger partial charge on any atom is -0.354 e. The van der Waals surface area contributed by atoms with Gasteiger partial charge in [0, 0.05) is 49.1 Å². The van der Waals surface area contributed by atoms with Crippen LogP contribution in [0.4, 0.5) is 0 Å². The van der Waals surface area contributed by atoms with Gasteiger partial charge in [0.15, 0.2) is 10.8 Å². The second-order valence-electron chi connectivity index (χ2n) is 6.28. The zero-order chi connectivity index (χ0) is 18.5. The molecule has 0 aromatic carbocycles. The number of hydrogen-bond donors (Lipinski definition) is 1. The zero-order valence-electron chi connectivity index (χ0n) is 15.1. The smallest absolute Gasteiger partial charge is 0.242 e. The molecule has 1 unspecified atom stereocenters. The van der Waals surface area contributed by atoms with Crippen LogP contribution >= 0.6 is 11.3 Å².